The van der Waals surface area contributed by atoms with E-state index in [1.54, 1.807) is 0 Å². The van der Waals surface area contributed by atoms with Crippen LogP contribution in [0.4, 0.5) is 11.4 Å². The molecular weight excluding hydrogens is 336 g/mol. The minimum Gasteiger partial charge on any atom is -0.490 e. The van der Waals surface area contributed by atoms with E-state index in [2.05, 4.69) is 74.4 Å². The van der Waals surface area contributed by atoms with Gasteiger partial charge in [0.2, 0.25) is 0 Å². The topological polar surface area (TPSA) is 33.7 Å². The third-order valence-corrected chi connectivity index (χ3v) is 5.75. The van der Waals surface area contributed by atoms with E-state index < -0.39 is 0 Å². The van der Waals surface area contributed by atoms with Crippen LogP contribution in [-0.4, -0.2) is 32.8 Å². The highest BCUT2D eigenvalue weighted by atomic mass is 16.5. The number of nitrogens with zero attached hydrogens (tertiary/aromatic N) is 1. The molecule has 0 spiro atoms. The molecule has 2 atom stereocenters. The number of benzene rings is 2. The van der Waals surface area contributed by atoms with Crippen molar-refractivity contribution in [3.63, 3.8) is 0 Å². The predicted octanol–water partition coefficient (Wildman–Crippen LogP) is 5.01. The van der Waals surface area contributed by atoms with Gasteiger partial charge in [-0.15, -0.1) is 0 Å². The van der Waals surface area contributed by atoms with Gasteiger partial charge in [-0.2, -0.15) is 0 Å². The molecule has 0 amide bonds. The van der Waals surface area contributed by atoms with Gasteiger partial charge in [-0.05, 0) is 53.6 Å². The number of ether oxygens (including phenoxy) is 2. The summed E-state index contributed by atoms with van der Waals surface area (Å²) in [6.07, 6.45) is 1.15. The standard InChI is InChI=1S/C23H30N2O2/c1-15(2)17-5-7-20-22(12-17)27-19(14-24-20)11-16(3)18-6-8-21-23(13-18)26-10-9-25(21)4/h5-8,12-13,15-16,19,24H,9-11,14H2,1-4H3. The van der Waals surface area contributed by atoms with E-state index in [1.165, 1.54) is 16.8 Å². The molecule has 144 valence electrons. The van der Waals surface area contributed by atoms with Crippen molar-refractivity contribution in [1.82, 2.24) is 0 Å². The summed E-state index contributed by atoms with van der Waals surface area (Å²) in [5.41, 5.74) is 4.92. The molecule has 0 fully saturated rings. The first-order valence-electron chi connectivity index (χ1n) is 10.0. The third kappa shape index (κ3) is 3.71. The largest absolute Gasteiger partial charge is 0.490 e. The SMILES string of the molecule is CC(C)c1ccc2c(c1)OC(CC(C)c1ccc3c(c1)OCCN3C)CN2. The molecule has 2 aliphatic rings. The number of hydrogen-bond donors (Lipinski definition) is 1. The first-order chi connectivity index (χ1) is 13.0. The first-order valence-corrected chi connectivity index (χ1v) is 10.0. The van der Waals surface area contributed by atoms with Gasteiger partial charge in [0.05, 0.1) is 24.5 Å². The summed E-state index contributed by atoms with van der Waals surface area (Å²) in [6, 6.07) is 13.1. The van der Waals surface area contributed by atoms with Gasteiger partial charge in [-0.25, -0.2) is 0 Å². The predicted molar refractivity (Wildman–Crippen MR) is 112 cm³/mol. The number of anilines is 2. The Morgan fingerprint density at radius 1 is 1.07 bits per heavy atom. The summed E-state index contributed by atoms with van der Waals surface area (Å²) in [5.74, 6) is 2.90. The van der Waals surface area contributed by atoms with Crippen LogP contribution < -0.4 is 19.7 Å². The van der Waals surface area contributed by atoms with Gasteiger partial charge in [0, 0.05) is 7.05 Å². The van der Waals surface area contributed by atoms with Gasteiger partial charge in [0.15, 0.2) is 0 Å². The van der Waals surface area contributed by atoms with Crippen molar-refractivity contribution in [2.45, 2.75) is 45.1 Å². The highest BCUT2D eigenvalue weighted by Gasteiger charge is 2.24. The van der Waals surface area contributed by atoms with Crippen molar-refractivity contribution < 1.29 is 9.47 Å². The summed E-state index contributed by atoms with van der Waals surface area (Å²) < 4.78 is 12.2. The van der Waals surface area contributed by atoms with Gasteiger partial charge in [-0.1, -0.05) is 32.9 Å². The summed E-state index contributed by atoms with van der Waals surface area (Å²) >= 11 is 0. The molecule has 4 heteroatoms. The Morgan fingerprint density at radius 2 is 1.85 bits per heavy atom. The molecule has 2 aliphatic heterocycles. The van der Waals surface area contributed by atoms with E-state index in [1.807, 2.05) is 0 Å². The van der Waals surface area contributed by atoms with Crippen LogP contribution in [0.3, 0.4) is 0 Å². The number of fused-ring (bicyclic) bond motifs is 2. The van der Waals surface area contributed by atoms with Crippen LogP contribution in [0.2, 0.25) is 0 Å². The highest BCUT2D eigenvalue weighted by Crippen LogP contribution is 2.37. The number of rotatable bonds is 4. The first kappa shape index (κ1) is 18.0. The van der Waals surface area contributed by atoms with Crippen LogP contribution in [0.1, 0.15) is 50.2 Å². The molecule has 2 heterocycles. The Balaban J connectivity index is 1.46. The van der Waals surface area contributed by atoms with E-state index in [4.69, 9.17) is 9.47 Å². The fourth-order valence-electron chi connectivity index (χ4n) is 3.93. The second-order valence-electron chi connectivity index (χ2n) is 8.16. The minimum atomic E-state index is 0.175. The normalized spacial score (nSPS) is 19.4. The monoisotopic (exact) mass is 366 g/mol. The average Bonchev–Trinajstić information content (AvgIpc) is 2.67. The van der Waals surface area contributed by atoms with Crippen LogP contribution in [0, 0.1) is 0 Å². The maximum Gasteiger partial charge on any atom is 0.143 e. The van der Waals surface area contributed by atoms with Crippen LogP contribution in [0.25, 0.3) is 0 Å². The number of hydrogen-bond acceptors (Lipinski definition) is 4. The summed E-state index contributed by atoms with van der Waals surface area (Å²) in [6.45, 7) is 9.26. The highest BCUT2D eigenvalue weighted by molar-refractivity contribution is 5.61. The van der Waals surface area contributed by atoms with Gasteiger partial charge in [0.25, 0.3) is 0 Å². The van der Waals surface area contributed by atoms with E-state index in [9.17, 15) is 0 Å². The van der Waals surface area contributed by atoms with Crippen molar-refractivity contribution >= 4 is 11.4 Å². The van der Waals surface area contributed by atoms with Gasteiger partial charge in [0.1, 0.15) is 24.2 Å². The molecule has 1 N–H and O–H groups in total. The lowest BCUT2D eigenvalue weighted by atomic mass is 9.93. The number of likely N-dealkylation sites (N-methyl/N-ethyl adjacent to an activating group) is 1. The number of nitrogens with one attached hydrogen (secondary N) is 1. The Bertz CT molecular complexity index is 818. The van der Waals surface area contributed by atoms with Crippen molar-refractivity contribution in [2.75, 3.05) is 37.0 Å². The Labute approximate surface area is 162 Å². The second-order valence-corrected chi connectivity index (χ2v) is 8.16. The third-order valence-electron chi connectivity index (χ3n) is 5.75. The lowest BCUT2D eigenvalue weighted by Crippen LogP contribution is -2.32. The molecule has 0 radical (unpaired) electrons. The summed E-state index contributed by atoms with van der Waals surface area (Å²) in [4.78, 5) is 2.25. The van der Waals surface area contributed by atoms with Gasteiger partial charge >= 0.3 is 0 Å². The van der Waals surface area contributed by atoms with Crippen LogP contribution >= 0.6 is 0 Å². The second kappa shape index (κ2) is 7.34. The zero-order chi connectivity index (χ0) is 19.0. The maximum absolute atomic E-state index is 6.34. The van der Waals surface area contributed by atoms with Crippen molar-refractivity contribution in [1.29, 1.82) is 0 Å². The molecule has 4 nitrogen and oxygen atoms in total. The summed E-state index contributed by atoms with van der Waals surface area (Å²) in [5, 5.41) is 3.54. The molecule has 0 saturated carbocycles. The van der Waals surface area contributed by atoms with E-state index in [0.29, 0.717) is 11.8 Å². The smallest absolute Gasteiger partial charge is 0.143 e. The lowest BCUT2D eigenvalue weighted by molar-refractivity contribution is 0.187. The Kier molecular flexibility index (Phi) is 4.90. The Morgan fingerprint density at radius 3 is 2.67 bits per heavy atom. The maximum atomic E-state index is 6.34. The summed E-state index contributed by atoms with van der Waals surface area (Å²) in [7, 11) is 2.12. The zero-order valence-electron chi connectivity index (χ0n) is 16.8. The molecule has 27 heavy (non-hydrogen) atoms. The molecule has 0 bridgehead atoms. The van der Waals surface area contributed by atoms with Crippen LogP contribution in [0.15, 0.2) is 36.4 Å². The van der Waals surface area contributed by atoms with Crippen molar-refractivity contribution in [2.24, 2.45) is 0 Å². The molecular formula is C23H30N2O2. The van der Waals surface area contributed by atoms with Crippen molar-refractivity contribution in [3.8, 4) is 11.5 Å². The zero-order valence-corrected chi connectivity index (χ0v) is 16.8. The van der Waals surface area contributed by atoms with Gasteiger partial charge in [-0.3, -0.25) is 0 Å². The molecule has 0 saturated heterocycles. The Hall–Kier alpha value is -2.36. The molecule has 2 aromatic rings. The minimum absolute atomic E-state index is 0.175. The van der Waals surface area contributed by atoms with Crippen molar-refractivity contribution in [3.05, 3.63) is 47.5 Å². The molecule has 2 unspecified atom stereocenters. The molecule has 4 rings (SSSR count). The van der Waals surface area contributed by atoms with E-state index >= 15 is 0 Å². The van der Waals surface area contributed by atoms with Gasteiger partial charge < -0.3 is 19.7 Å². The van der Waals surface area contributed by atoms with E-state index in [-0.39, 0.29) is 6.10 Å². The molecule has 0 aliphatic carbocycles. The quantitative estimate of drug-likeness (QED) is 0.825. The fourth-order valence-corrected chi connectivity index (χ4v) is 3.93. The van der Waals surface area contributed by atoms with Crippen LogP contribution in [-0.2, 0) is 0 Å². The molecule has 0 aromatic heterocycles. The fraction of sp³-hybridized carbons (Fsp3) is 0.478. The lowest BCUT2D eigenvalue weighted by Gasteiger charge is -2.31. The average molecular weight is 367 g/mol. The molecule has 2 aromatic carbocycles. The van der Waals surface area contributed by atoms with Crippen LogP contribution in [0.5, 0.6) is 11.5 Å². The van der Waals surface area contributed by atoms with E-state index in [0.717, 1.165) is 43.3 Å².